The third-order valence-corrected chi connectivity index (χ3v) is 2.08. The third kappa shape index (κ3) is 2.07. The van der Waals surface area contributed by atoms with Gasteiger partial charge in [0.1, 0.15) is 0 Å². The minimum atomic E-state index is 0.709. The van der Waals surface area contributed by atoms with E-state index in [1.165, 1.54) is 0 Å². The van der Waals surface area contributed by atoms with Crippen molar-refractivity contribution in [3.05, 3.63) is 35.7 Å². The van der Waals surface area contributed by atoms with E-state index in [2.05, 4.69) is 25.7 Å². The van der Waals surface area contributed by atoms with Crippen LogP contribution in [0.3, 0.4) is 0 Å². The predicted molar refractivity (Wildman–Crippen MR) is 56.8 cm³/mol. The van der Waals surface area contributed by atoms with Crippen molar-refractivity contribution in [2.24, 2.45) is 0 Å². The van der Waals surface area contributed by atoms with E-state index in [1.54, 1.807) is 12.4 Å². The quantitative estimate of drug-likeness (QED) is 0.800. The van der Waals surface area contributed by atoms with Crippen LogP contribution in [-0.2, 0) is 0 Å². The SMILES string of the molecule is Cc1ccnnc1Nc1nnccc1C. The van der Waals surface area contributed by atoms with E-state index in [0.717, 1.165) is 11.1 Å². The Hall–Kier alpha value is -2.04. The summed E-state index contributed by atoms with van der Waals surface area (Å²) in [4.78, 5) is 0. The third-order valence-electron chi connectivity index (χ3n) is 2.08. The van der Waals surface area contributed by atoms with Crippen LogP contribution in [0.1, 0.15) is 11.1 Å². The van der Waals surface area contributed by atoms with Gasteiger partial charge in [-0.3, -0.25) is 0 Å². The van der Waals surface area contributed by atoms with Crippen molar-refractivity contribution in [3.63, 3.8) is 0 Å². The molecular weight excluding hydrogens is 190 g/mol. The molecule has 0 radical (unpaired) electrons. The number of nitrogens with zero attached hydrogens (tertiary/aromatic N) is 4. The minimum absolute atomic E-state index is 0.709. The zero-order valence-corrected chi connectivity index (χ0v) is 8.60. The Labute approximate surface area is 87.6 Å². The second-order valence-electron chi connectivity index (χ2n) is 3.25. The molecule has 15 heavy (non-hydrogen) atoms. The number of rotatable bonds is 2. The van der Waals surface area contributed by atoms with Crippen LogP contribution >= 0.6 is 0 Å². The van der Waals surface area contributed by atoms with Gasteiger partial charge in [0.15, 0.2) is 11.6 Å². The number of nitrogens with one attached hydrogen (secondary N) is 1. The zero-order valence-electron chi connectivity index (χ0n) is 8.60. The molecule has 0 atom stereocenters. The summed E-state index contributed by atoms with van der Waals surface area (Å²) in [6.45, 7) is 3.92. The molecule has 0 aromatic carbocycles. The second kappa shape index (κ2) is 4.00. The molecule has 5 heteroatoms. The highest BCUT2D eigenvalue weighted by atomic mass is 15.2. The van der Waals surface area contributed by atoms with Crippen molar-refractivity contribution < 1.29 is 0 Å². The molecule has 0 saturated heterocycles. The normalized spacial score (nSPS) is 10.0. The number of aromatic nitrogens is 4. The Bertz CT molecular complexity index is 425. The molecule has 1 N–H and O–H groups in total. The summed E-state index contributed by atoms with van der Waals surface area (Å²) in [6, 6.07) is 3.78. The maximum Gasteiger partial charge on any atom is 0.157 e. The predicted octanol–water partition coefficient (Wildman–Crippen LogP) is 1.63. The molecule has 0 aliphatic carbocycles. The van der Waals surface area contributed by atoms with Crippen molar-refractivity contribution >= 4 is 11.6 Å². The number of anilines is 2. The van der Waals surface area contributed by atoms with Crippen molar-refractivity contribution in [1.29, 1.82) is 0 Å². The van der Waals surface area contributed by atoms with Crippen LogP contribution in [-0.4, -0.2) is 20.4 Å². The molecule has 0 unspecified atom stereocenters. The van der Waals surface area contributed by atoms with Gasteiger partial charge in [-0.05, 0) is 37.1 Å². The number of hydrogen-bond donors (Lipinski definition) is 1. The zero-order chi connectivity index (χ0) is 10.7. The Morgan fingerprint density at radius 2 is 1.33 bits per heavy atom. The molecule has 5 nitrogen and oxygen atoms in total. The van der Waals surface area contributed by atoms with Gasteiger partial charge in [-0.15, -0.1) is 10.2 Å². The molecule has 76 valence electrons. The van der Waals surface area contributed by atoms with Crippen LogP contribution in [0.15, 0.2) is 24.5 Å². The lowest BCUT2D eigenvalue weighted by Crippen LogP contribution is -2.02. The lowest BCUT2D eigenvalue weighted by Gasteiger charge is -2.07. The maximum atomic E-state index is 3.99. The van der Waals surface area contributed by atoms with Gasteiger partial charge < -0.3 is 5.32 Å². The Morgan fingerprint density at radius 3 is 1.73 bits per heavy atom. The molecule has 0 fully saturated rings. The lowest BCUT2D eigenvalue weighted by atomic mass is 10.3. The van der Waals surface area contributed by atoms with Crippen molar-refractivity contribution in [1.82, 2.24) is 20.4 Å². The smallest absolute Gasteiger partial charge is 0.157 e. The van der Waals surface area contributed by atoms with Crippen molar-refractivity contribution in [3.8, 4) is 0 Å². The highest BCUT2D eigenvalue weighted by molar-refractivity contribution is 5.56. The monoisotopic (exact) mass is 201 g/mol. The van der Waals surface area contributed by atoms with Gasteiger partial charge in [-0.1, -0.05) is 0 Å². The van der Waals surface area contributed by atoms with Gasteiger partial charge in [0.2, 0.25) is 0 Å². The first-order valence-electron chi connectivity index (χ1n) is 4.61. The largest absolute Gasteiger partial charge is 0.321 e. The second-order valence-corrected chi connectivity index (χ2v) is 3.25. The van der Waals surface area contributed by atoms with Crippen molar-refractivity contribution in [2.75, 3.05) is 5.32 Å². The summed E-state index contributed by atoms with van der Waals surface area (Å²) in [7, 11) is 0. The molecule has 0 bridgehead atoms. The summed E-state index contributed by atoms with van der Waals surface area (Å²) in [5.74, 6) is 1.42. The van der Waals surface area contributed by atoms with Crippen LogP contribution < -0.4 is 5.32 Å². The molecular formula is C10H11N5. The van der Waals surface area contributed by atoms with E-state index in [1.807, 2.05) is 26.0 Å². The molecule has 0 aliphatic heterocycles. The number of aryl methyl sites for hydroxylation is 2. The van der Waals surface area contributed by atoms with Gasteiger partial charge in [-0.25, -0.2) is 0 Å². The average Bonchev–Trinajstić information content (AvgIpc) is 2.24. The first-order chi connectivity index (χ1) is 7.27. The van der Waals surface area contributed by atoms with Crippen LogP contribution in [0, 0.1) is 13.8 Å². The lowest BCUT2D eigenvalue weighted by molar-refractivity contribution is 0.989. The summed E-state index contributed by atoms with van der Waals surface area (Å²) in [6.07, 6.45) is 3.31. The van der Waals surface area contributed by atoms with Gasteiger partial charge >= 0.3 is 0 Å². The molecule has 2 rings (SSSR count). The molecule has 0 amide bonds. The summed E-state index contributed by atoms with van der Waals surface area (Å²) in [5.41, 5.74) is 2.05. The summed E-state index contributed by atoms with van der Waals surface area (Å²) < 4.78 is 0. The van der Waals surface area contributed by atoms with Gasteiger partial charge in [0.05, 0.1) is 12.4 Å². The molecule has 0 aliphatic rings. The standard InChI is InChI=1S/C10H11N5/c1-7-3-5-11-14-9(7)13-10-8(2)4-6-12-15-10/h3-6H,1-2H3,(H,13,14,15). The molecule has 2 aromatic heterocycles. The van der Waals surface area contributed by atoms with Crippen LogP contribution in [0.5, 0.6) is 0 Å². The van der Waals surface area contributed by atoms with Gasteiger partial charge in [0, 0.05) is 0 Å². The van der Waals surface area contributed by atoms with Gasteiger partial charge in [0.25, 0.3) is 0 Å². The van der Waals surface area contributed by atoms with E-state index in [4.69, 9.17) is 0 Å². The summed E-state index contributed by atoms with van der Waals surface area (Å²) in [5, 5.41) is 18.7. The fourth-order valence-corrected chi connectivity index (χ4v) is 1.15. The van der Waals surface area contributed by atoms with Gasteiger partial charge in [-0.2, -0.15) is 10.2 Å². The fourth-order valence-electron chi connectivity index (χ4n) is 1.15. The van der Waals surface area contributed by atoms with Crippen LogP contribution in [0.2, 0.25) is 0 Å². The van der Waals surface area contributed by atoms with E-state index in [-0.39, 0.29) is 0 Å². The molecule has 2 heterocycles. The van der Waals surface area contributed by atoms with E-state index in [0.29, 0.717) is 11.6 Å². The highest BCUT2D eigenvalue weighted by Gasteiger charge is 2.03. The minimum Gasteiger partial charge on any atom is -0.321 e. The molecule has 0 saturated carbocycles. The topological polar surface area (TPSA) is 63.6 Å². The fraction of sp³-hybridized carbons (Fsp3) is 0.200. The van der Waals surface area contributed by atoms with Crippen LogP contribution in [0.4, 0.5) is 11.6 Å². The first kappa shape index (κ1) is 9.51. The highest BCUT2D eigenvalue weighted by Crippen LogP contribution is 2.16. The Kier molecular flexibility index (Phi) is 2.53. The van der Waals surface area contributed by atoms with Crippen LogP contribution in [0.25, 0.3) is 0 Å². The summed E-state index contributed by atoms with van der Waals surface area (Å²) >= 11 is 0. The van der Waals surface area contributed by atoms with E-state index in [9.17, 15) is 0 Å². The van der Waals surface area contributed by atoms with E-state index < -0.39 is 0 Å². The molecule has 2 aromatic rings. The average molecular weight is 201 g/mol. The Balaban J connectivity index is 2.30. The maximum absolute atomic E-state index is 3.99. The first-order valence-corrected chi connectivity index (χ1v) is 4.61. The molecule has 0 spiro atoms. The Morgan fingerprint density at radius 1 is 0.867 bits per heavy atom. The van der Waals surface area contributed by atoms with E-state index >= 15 is 0 Å². The number of hydrogen-bond acceptors (Lipinski definition) is 5. The van der Waals surface area contributed by atoms with Crippen molar-refractivity contribution in [2.45, 2.75) is 13.8 Å².